The Hall–Kier alpha value is -2.99. The predicted octanol–water partition coefficient (Wildman–Crippen LogP) is 6.50. The van der Waals surface area contributed by atoms with Gasteiger partial charge in [0.05, 0.1) is 22.8 Å². The number of fused-ring (bicyclic) bond motifs is 1. The largest absolute Gasteiger partial charge is 0.316 e. The molecule has 5 nitrogen and oxygen atoms in total. The Morgan fingerprint density at radius 3 is 2.64 bits per heavy atom. The summed E-state index contributed by atoms with van der Waals surface area (Å²) in [5.74, 6) is 1.03. The van der Waals surface area contributed by atoms with Gasteiger partial charge in [-0.3, -0.25) is 4.79 Å². The van der Waals surface area contributed by atoms with Crippen LogP contribution in [0.3, 0.4) is 0 Å². The highest BCUT2D eigenvalue weighted by atomic mass is 79.9. The normalized spacial score (nSPS) is 15.0. The van der Waals surface area contributed by atoms with Crippen LogP contribution in [0.25, 0.3) is 16.6 Å². The van der Waals surface area contributed by atoms with Crippen LogP contribution in [-0.2, 0) is 0 Å². The van der Waals surface area contributed by atoms with E-state index in [2.05, 4.69) is 52.5 Å². The minimum absolute atomic E-state index is 0.123. The summed E-state index contributed by atoms with van der Waals surface area (Å²) in [4.78, 5) is 18.4. The number of halogens is 1. The molecule has 0 amide bonds. The van der Waals surface area contributed by atoms with Gasteiger partial charge in [0.2, 0.25) is 0 Å². The minimum Gasteiger partial charge on any atom is -0.316 e. The molecule has 0 N–H and O–H groups in total. The van der Waals surface area contributed by atoms with Gasteiger partial charge in [-0.2, -0.15) is 9.78 Å². The molecule has 0 aliphatic heterocycles. The van der Waals surface area contributed by atoms with E-state index in [4.69, 9.17) is 10.1 Å². The summed E-state index contributed by atoms with van der Waals surface area (Å²) < 4.78 is 4.48. The quantitative estimate of drug-likeness (QED) is 0.299. The van der Waals surface area contributed by atoms with Crippen molar-refractivity contribution in [2.45, 2.75) is 51.9 Å². The van der Waals surface area contributed by atoms with E-state index in [9.17, 15) is 4.79 Å². The van der Waals surface area contributed by atoms with Crippen molar-refractivity contribution >= 4 is 33.0 Å². The molecule has 2 heterocycles. The molecule has 0 atom stereocenters. The lowest BCUT2D eigenvalue weighted by molar-refractivity contribution is 0.416. The zero-order valence-electron chi connectivity index (χ0n) is 19.0. The topological polar surface area (TPSA) is 52.2 Å². The molecule has 0 saturated heterocycles. The van der Waals surface area contributed by atoms with E-state index in [1.165, 1.54) is 22.2 Å². The summed E-state index contributed by atoms with van der Waals surface area (Å²) in [6.45, 7) is 4.23. The molecule has 1 saturated carbocycles. The average Bonchev–Trinajstić information content (AvgIpc) is 3.30. The molecule has 4 aromatic rings. The molecule has 0 bridgehead atoms. The van der Waals surface area contributed by atoms with Gasteiger partial charge in [0.15, 0.2) is 0 Å². The molecule has 168 valence electrons. The highest BCUT2D eigenvalue weighted by Crippen LogP contribution is 2.32. The summed E-state index contributed by atoms with van der Waals surface area (Å²) in [5.41, 5.74) is 5.09. The highest BCUT2D eigenvalue weighted by molar-refractivity contribution is 9.10. The van der Waals surface area contributed by atoms with Gasteiger partial charge in [-0.25, -0.2) is 4.98 Å². The first-order valence-electron chi connectivity index (χ1n) is 11.5. The average molecular weight is 503 g/mol. The van der Waals surface area contributed by atoms with E-state index in [0.29, 0.717) is 5.39 Å². The van der Waals surface area contributed by atoms with Crippen LogP contribution in [0.1, 0.15) is 60.7 Å². The Labute approximate surface area is 201 Å². The van der Waals surface area contributed by atoms with E-state index in [0.717, 1.165) is 52.9 Å². The third-order valence-electron chi connectivity index (χ3n) is 6.66. The third-order valence-corrected chi connectivity index (χ3v) is 7.15. The van der Waals surface area contributed by atoms with Gasteiger partial charge in [0, 0.05) is 22.3 Å². The lowest BCUT2D eigenvalue weighted by Crippen LogP contribution is -2.25. The number of aromatic nitrogens is 3. The van der Waals surface area contributed by atoms with Crippen molar-refractivity contribution in [1.29, 1.82) is 0 Å². The molecule has 0 spiro atoms. The second-order valence-corrected chi connectivity index (χ2v) is 9.82. The van der Waals surface area contributed by atoms with Crippen LogP contribution in [0, 0.1) is 13.8 Å². The van der Waals surface area contributed by atoms with E-state index in [-0.39, 0.29) is 11.5 Å². The molecule has 5 rings (SSSR count). The van der Waals surface area contributed by atoms with Crippen molar-refractivity contribution in [2.75, 3.05) is 0 Å². The maximum atomic E-state index is 13.5. The first-order valence-corrected chi connectivity index (χ1v) is 12.3. The second-order valence-electron chi connectivity index (χ2n) is 8.90. The molecule has 6 heteroatoms. The first kappa shape index (κ1) is 21.8. The van der Waals surface area contributed by atoms with Crippen LogP contribution < -0.4 is 5.56 Å². The SMILES string of the molecule is Cc1ccc(-n2cccc2C=Nn2c(C3CCCCC3)nc3ccc(Br)cc3c2=O)cc1C. The van der Waals surface area contributed by atoms with Gasteiger partial charge in [0.1, 0.15) is 5.82 Å². The molecule has 1 aliphatic carbocycles. The fraction of sp³-hybridized carbons (Fsp3) is 0.296. The maximum Gasteiger partial charge on any atom is 0.282 e. The number of aryl methyl sites for hydroxylation is 2. The van der Waals surface area contributed by atoms with E-state index >= 15 is 0 Å². The van der Waals surface area contributed by atoms with Gasteiger partial charge < -0.3 is 4.57 Å². The zero-order valence-corrected chi connectivity index (χ0v) is 20.5. The molecule has 1 aliphatic rings. The summed E-state index contributed by atoms with van der Waals surface area (Å²) in [7, 11) is 0. The molecular formula is C27H27BrN4O. The van der Waals surface area contributed by atoms with Crippen molar-refractivity contribution in [1.82, 2.24) is 14.2 Å². The van der Waals surface area contributed by atoms with Crippen molar-refractivity contribution in [3.8, 4) is 5.69 Å². The number of nitrogens with zero attached hydrogens (tertiary/aromatic N) is 4. The molecular weight excluding hydrogens is 476 g/mol. The van der Waals surface area contributed by atoms with Crippen LogP contribution in [0.4, 0.5) is 0 Å². The van der Waals surface area contributed by atoms with Gasteiger partial charge in [0.25, 0.3) is 5.56 Å². The summed E-state index contributed by atoms with van der Waals surface area (Å²) in [6, 6.07) is 16.1. The van der Waals surface area contributed by atoms with Crippen LogP contribution in [-0.4, -0.2) is 20.4 Å². The van der Waals surface area contributed by atoms with Gasteiger partial charge in [-0.1, -0.05) is 41.3 Å². The van der Waals surface area contributed by atoms with Gasteiger partial charge in [-0.05, 0) is 80.3 Å². The number of rotatable bonds is 4. The van der Waals surface area contributed by atoms with E-state index < -0.39 is 0 Å². The number of hydrogen-bond donors (Lipinski definition) is 0. The maximum absolute atomic E-state index is 13.5. The number of hydrogen-bond acceptors (Lipinski definition) is 3. The van der Waals surface area contributed by atoms with E-state index in [1.807, 2.05) is 36.5 Å². The monoisotopic (exact) mass is 502 g/mol. The Bertz CT molecular complexity index is 1410. The second kappa shape index (κ2) is 9.10. The first-order chi connectivity index (χ1) is 16.0. The lowest BCUT2D eigenvalue weighted by Gasteiger charge is -2.22. The van der Waals surface area contributed by atoms with Crippen molar-refractivity contribution in [3.63, 3.8) is 0 Å². The fourth-order valence-corrected chi connectivity index (χ4v) is 4.99. The molecule has 2 aromatic carbocycles. The minimum atomic E-state index is -0.123. The highest BCUT2D eigenvalue weighted by Gasteiger charge is 2.22. The van der Waals surface area contributed by atoms with Crippen LogP contribution in [0.15, 0.2) is 69.1 Å². The molecule has 0 unspecified atom stereocenters. The number of benzene rings is 2. The Balaban J connectivity index is 1.61. The smallest absolute Gasteiger partial charge is 0.282 e. The zero-order chi connectivity index (χ0) is 22.9. The Morgan fingerprint density at radius 2 is 1.85 bits per heavy atom. The summed E-state index contributed by atoms with van der Waals surface area (Å²) >= 11 is 3.49. The van der Waals surface area contributed by atoms with Gasteiger partial charge >= 0.3 is 0 Å². The molecule has 1 fully saturated rings. The van der Waals surface area contributed by atoms with Crippen molar-refractivity contribution in [2.24, 2.45) is 5.10 Å². The summed E-state index contributed by atoms with van der Waals surface area (Å²) in [6.07, 6.45) is 9.46. The van der Waals surface area contributed by atoms with Gasteiger partial charge in [-0.15, -0.1) is 0 Å². The fourth-order valence-electron chi connectivity index (χ4n) is 4.63. The molecule has 2 aromatic heterocycles. The molecule has 33 heavy (non-hydrogen) atoms. The predicted molar refractivity (Wildman–Crippen MR) is 138 cm³/mol. The Morgan fingerprint density at radius 1 is 1.03 bits per heavy atom. The summed E-state index contributed by atoms with van der Waals surface area (Å²) in [5, 5.41) is 5.28. The lowest BCUT2D eigenvalue weighted by atomic mass is 9.88. The van der Waals surface area contributed by atoms with Crippen molar-refractivity contribution < 1.29 is 0 Å². The Kier molecular flexibility index (Phi) is 6.02. The van der Waals surface area contributed by atoms with Crippen LogP contribution in [0.5, 0.6) is 0 Å². The van der Waals surface area contributed by atoms with Crippen molar-refractivity contribution in [3.05, 3.63) is 92.2 Å². The van der Waals surface area contributed by atoms with E-state index in [1.54, 1.807) is 6.21 Å². The third kappa shape index (κ3) is 4.32. The molecule has 0 radical (unpaired) electrons. The van der Waals surface area contributed by atoms with Crippen LogP contribution >= 0.6 is 15.9 Å². The standard InChI is InChI=1S/C27H27BrN4O/c1-18-10-12-22(15-19(18)2)31-14-6-9-23(31)17-29-32-26(20-7-4-3-5-8-20)30-25-13-11-21(28)16-24(25)27(32)33/h6,9-17,20H,3-5,7-8H2,1-2H3. The van der Waals surface area contributed by atoms with Crippen LogP contribution in [0.2, 0.25) is 0 Å².